The molecule has 0 bridgehead atoms. The number of benzene rings is 1. The van der Waals surface area contributed by atoms with Crippen LogP contribution in [0.1, 0.15) is 9.67 Å². The van der Waals surface area contributed by atoms with Crippen LogP contribution < -0.4 is 0 Å². The maximum atomic E-state index is 12.0. The molecule has 0 atom stereocenters. The molecule has 0 aliphatic heterocycles. The molecule has 3 rings (SSSR count). The van der Waals surface area contributed by atoms with Crippen molar-refractivity contribution in [2.24, 2.45) is 10.2 Å². The Morgan fingerprint density at radius 1 is 1.38 bits per heavy atom. The number of hydrogen-bond acceptors (Lipinski definition) is 5. The second-order valence-corrected chi connectivity index (χ2v) is 7.33. The van der Waals surface area contributed by atoms with Gasteiger partial charge in [-0.15, -0.1) is 21.6 Å². The summed E-state index contributed by atoms with van der Waals surface area (Å²) in [5, 5.41) is 20.9. The molecule has 6 nitrogen and oxygen atoms in total. The molecule has 0 radical (unpaired) electrons. The molecule has 3 aromatic rings. The van der Waals surface area contributed by atoms with E-state index in [1.165, 1.54) is 11.3 Å². The minimum absolute atomic E-state index is 0.0143. The fraction of sp³-hybridized carbons (Fsp3) is 0.188. The standard InChI is InChI=1S/C16H15BrN4O2S/c1-20(2)9-21-12-6-5-10(17)8-11(12)14(16(21)23)18-19-15(22)13-4-3-7-24-13/h3-8,23H,9H2,1-2H3. The second-order valence-electron chi connectivity index (χ2n) is 5.47. The van der Waals surface area contributed by atoms with Crippen molar-refractivity contribution >= 4 is 49.8 Å². The average molecular weight is 407 g/mol. The Morgan fingerprint density at radius 2 is 2.17 bits per heavy atom. The third-order valence-electron chi connectivity index (χ3n) is 3.37. The van der Waals surface area contributed by atoms with Crippen LogP contribution in [0.15, 0.2) is 50.4 Å². The zero-order valence-corrected chi connectivity index (χ0v) is 15.5. The Balaban J connectivity index is 2.08. The topological polar surface area (TPSA) is 70.2 Å². The number of amides is 1. The maximum Gasteiger partial charge on any atom is 0.305 e. The van der Waals surface area contributed by atoms with Crippen molar-refractivity contribution in [3.05, 3.63) is 45.1 Å². The van der Waals surface area contributed by atoms with E-state index in [1.807, 2.05) is 37.2 Å². The molecule has 2 aromatic heterocycles. The van der Waals surface area contributed by atoms with Crippen LogP contribution in [0, 0.1) is 0 Å². The first-order valence-corrected chi connectivity index (χ1v) is 8.79. The summed E-state index contributed by atoms with van der Waals surface area (Å²) in [5.74, 6) is -0.438. The summed E-state index contributed by atoms with van der Waals surface area (Å²) < 4.78 is 2.59. The Kier molecular flexibility index (Phi) is 4.79. The molecule has 0 spiro atoms. The molecule has 8 heteroatoms. The van der Waals surface area contributed by atoms with Crippen molar-refractivity contribution in [2.75, 3.05) is 14.1 Å². The molecule has 0 unspecified atom stereocenters. The molecule has 24 heavy (non-hydrogen) atoms. The Bertz CT molecular complexity index is 916. The SMILES string of the molecule is CN(C)Cn1c(O)c(N=NC(=O)c2cccs2)c2cc(Br)ccc21. The van der Waals surface area contributed by atoms with Crippen LogP contribution in [-0.4, -0.2) is 34.6 Å². The van der Waals surface area contributed by atoms with Gasteiger partial charge in [0.1, 0.15) is 0 Å². The first kappa shape index (κ1) is 16.8. The molecule has 1 aromatic carbocycles. The number of aromatic nitrogens is 1. The summed E-state index contributed by atoms with van der Waals surface area (Å²) >= 11 is 4.73. The van der Waals surface area contributed by atoms with Gasteiger partial charge in [0.2, 0.25) is 5.88 Å². The molecule has 0 saturated carbocycles. The first-order chi connectivity index (χ1) is 11.5. The van der Waals surface area contributed by atoms with Crippen molar-refractivity contribution in [3.8, 4) is 5.88 Å². The zero-order chi connectivity index (χ0) is 17.3. The number of nitrogens with zero attached hydrogens (tertiary/aromatic N) is 4. The third kappa shape index (κ3) is 3.26. The Labute approximate surface area is 151 Å². The van der Waals surface area contributed by atoms with Crippen molar-refractivity contribution in [1.29, 1.82) is 0 Å². The van der Waals surface area contributed by atoms with Crippen LogP contribution >= 0.6 is 27.3 Å². The number of thiophene rings is 1. The lowest BCUT2D eigenvalue weighted by Gasteiger charge is -2.13. The smallest absolute Gasteiger partial charge is 0.305 e. The van der Waals surface area contributed by atoms with Gasteiger partial charge in [-0.2, -0.15) is 0 Å². The van der Waals surface area contributed by atoms with E-state index >= 15 is 0 Å². The number of rotatable bonds is 4. The normalized spacial score (nSPS) is 11.8. The lowest BCUT2D eigenvalue weighted by Crippen LogP contribution is -2.16. The highest BCUT2D eigenvalue weighted by Gasteiger charge is 2.18. The highest BCUT2D eigenvalue weighted by Crippen LogP contribution is 2.40. The van der Waals surface area contributed by atoms with E-state index in [1.54, 1.807) is 22.1 Å². The molecule has 0 aliphatic carbocycles. The van der Waals surface area contributed by atoms with Crippen LogP contribution in [0.2, 0.25) is 0 Å². The molecule has 124 valence electrons. The van der Waals surface area contributed by atoms with Gasteiger partial charge >= 0.3 is 5.91 Å². The number of hydrogen-bond donors (Lipinski definition) is 1. The molecule has 1 amide bonds. The quantitative estimate of drug-likeness (QED) is 0.642. The van der Waals surface area contributed by atoms with Crippen molar-refractivity contribution < 1.29 is 9.90 Å². The van der Waals surface area contributed by atoms with E-state index in [0.717, 1.165) is 15.4 Å². The highest BCUT2D eigenvalue weighted by molar-refractivity contribution is 9.10. The Morgan fingerprint density at radius 3 is 2.83 bits per heavy atom. The molecule has 2 heterocycles. The van der Waals surface area contributed by atoms with Gasteiger partial charge in [0, 0.05) is 9.86 Å². The van der Waals surface area contributed by atoms with Crippen molar-refractivity contribution in [1.82, 2.24) is 9.47 Å². The van der Waals surface area contributed by atoms with E-state index in [-0.39, 0.29) is 11.6 Å². The lowest BCUT2D eigenvalue weighted by atomic mass is 10.2. The van der Waals surface area contributed by atoms with E-state index in [9.17, 15) is 9.90 Å². The second kappa shape index (κ2) is 6.84. The number of azo groups is 1. The van der Waals surface area contributed by atoms with Crippen LogP contribution in [-0.2, 0) is 6.67 Å². The van der Waals surface area contributed by atoms with E-state index in [0.29, 0.717) is 11.5 Å². The number of halogens is 1. The van der Waals surface area contributed by atoms with Gasteiger partial charge in [-0.25, -0.2) is 0 Å². The number of aromatic hydroxyl groups is 1. The van der Waals surface area contributed by atoms with E-state index in [4.69, 9.17) is 0 Å². The molecule has 0 fully saturated rings. The zero-order valence-electron chi connectivity index (χ0n) is 13.1. The van der Waals surface area contributed by atoms with Gasteiger partial charge in [0.15, 0.2) is 5.69 Å². The molecular weight excluding hydrogens is 392 g/mol. The first-order valence-electron chi connectivity index (χ1n) is 7.12. The number of fused-ring (bicyclic) bond motifs is 1. The van der Waals surface area contributed by atoms with Crippen molar-refractivity contribution in [2.45, 2.75) is 6.67 Å². The molecule has 0 aliphatic rings. The van der Waals surface area contributed by atoms with E-state index < -0.39 is 5.91 Å². The Hall–Kier alpha value is -2.03. The summed E-state index contributed by atoms with van der Waals surface area (Å²) in [6.07, 6.45) is 0. The number of carbonyl (C=O) groups excluding carboxylic acids is 1. The van der Waals surface area contributed by atoms with E-state index in [2.05, 4.69) is 26.2 Å². The van der Waals surface area contributed by atoms with Crippen LogP contribution in [0.25, 0.3) is 10.9 Å². The molecular formula is C16H15BrN4O2S. The third-order valence-corrected chi connectivity index (χ3v) is 4.72. The highest BCUT2D eigenvalue weighted by atomic mass is 79.9. The minimum Gasteiger partial charge on any atom is -0.493 e. The van der Waals surface area contributed by atoms with Crippen LogP contribution in [0.3, 0.4) is 0 Å². The molecule has 0 saturated heterocycles. The summed E-state index contributed by atoms with van der Waals surface area (Å²) in [6.45, 7) is 0.484. The summed E-state index contributed by atoms with van der Waals surface area (Å²) in [4.78, 5) is 14.5. The predicted octanol–water partition coefficient (Wildman–Crippen LogP) is 4.61. The van der Waals surface area contributed by atoms with Gasteiger partial charge in [0.25, 0.3) is 0 Å². The van der Waals surface area contributed by atoms with Gasteiger partial charge in [0.05, 0.1) is 17.1 Å². The predicted molar refractivity (Wildman–Crippen MR) is 98.2 cm³/mol. The fourth-order valence-corrected chi connectivity index (χ4v) is 3.33. The summed E-state index contributed by atoms with van der Waals surface area (Å²) in [5.41, 5.74) is 1.11. The summed E-state index contributed by atoms with van der Waals surface area (Å²) in [6, 6.07) is 9.11. The van der Waals surface area contributed by atoms with Crippen molar-refractivity contribution in [3.63, 3.8) is 0 Å². The molecule has 1 N–H and O–H groups in total. The monoisotopic (exact) mass is 406 g/mol. The van der Waals surface area contributed by atoms with Gasteiger partial charge < -0.3 is 5.11 Å². The van der Waals surface area contributed by atoms with Crippen LogP contribution in [0.4, 0.5) is 5.69 Å². The minimum atomic E-state index is -0.423. The fourth-order valence-electron chi connectivity index (χ4n) is 2.37. The largest absolute Gasteiger partial charge is 0.493 e. The summed E-state index contributed by atoms with van der Waals surface area (Å²) in [7, 11) is 3.82. The van der Waals surface area contributed by atoms with Crippen LogP contribution in [0.5, 0.6) is 5.88 Å². The lowest BCUT2D eigenvalue weighted by molar-refractivity contribution is 0.0999. The van der Waals surface area contributed by atoms with Gasteiger partial charge in [-0.05, 0) is 43.7 Å². The maximum absolute atomic E-state index is 12.0. The average Bonchev–Trinajstić information content (AvgIpc) is 3.14. The van der Waals surface area contributed by atoms with Gasteiger partial charge in [-0.1, -0.05) is 22.0 Å². The number of carbonyl (C=O) groups is 1. The van der Waals surface area contributed by atoms with Gasteiger partial charge in [-0.3, -0.25) is 14.3 Å².